The minimum Gasteiger partial charge on any atom is -0.496 e. The van der Waals surface area contributed by atoms with Gasteiger partial charge in [0.15, 0.2) is 11.6 Å². The van der Waals surface area contributed by atoms with Crippen molar-refractivity contribution in [3.8, 4) is 5.75 Å². The Kier molecular flexibility index (Phi) is 19.8. The first-order valence-electron chi connectivity index (χ1n) is 28.8. The number of methoxy groups -OCH3 is 1. The van der Waals surface area contributed by atoms with E-state index in [1.807, 2.05) is 73.9 Å². The Morgan fingerprint density at radius 1 is 0.918 bits per heavy atom. The molecule has 0 radical (unpaired) electrons. The summed E-state index contributed by atoms with van der Waals surface area (Å²) in [6.45, 7) is 16.7. The van der Waals surface area contributed by atoms with E-state index in [1.54, 1.807) is 50.0 Å². The van der Waals surface area contributed by atoms with Crippen molar-refractivity contribution in [3.05, 3.63) is 183 Å². The largest absolute Gasteiger partial charge is 0.496 e. The zero-order valence-electron chi connectivity index (χ0n) is 48.8. The van der Waals surface area contributed by atoms with Crippen molar-refractivity contribution >= 4 is 85.5 Å². The van der Waals surface area contributed by atoms with Crippen LogP contribution in [0.4, 0.5) is 26.0 Å². The van der Waals surface area contributed by atoms with E-state index >= 15 is 0 Å². The van der Waals surface area contributed by atoms with E-state index < -0.39 is 17.2 Å². The highest BCUT2D eigenvalue weighted by Gasteiger charge is 2.39. The minimum absolute atomic E-state index is 0.00124. The normalized spacial score (nSPS) is 16.0. The van der Waals surface area contributed by atoms with Crippen molar-refractivity contribution in [1.29, 1.82) is 0 Å². The zero-order valence-corrected chi connectivity index (χ0v) is 49.5. The Labute approximate surface area is 498 Å². The summed E-state index contributed by atoms with van der Waals surface area (Å²) >= 11 is 5.90. The van der Waals surface area contributed by atoms with Gasteiger partial charge in [-0.05, 0) is 142 Å². The molecule has 85 heavy (non-hydrogen) atoms. The lowest BCUT2D eigenvalue weighted by Gasteiger charge is -2.24. The number of ether oxygens (including phenoxy) is 1. The number of carbonyl (C=O) groups is 4. The lowest BCUT2D eigenvalue weighted by molar-refractivity contribution is -0.114. The van der Waals surface area contributed by atoms with Crippen molar-refractivity contribution in [2.24, 2.45) is 0 Å². The lowest BCUT2D eigenvalue weighted by atomic mass is 9.88. The van der Waals surface area contributed by atoms with E-state index in [1.165, 1.54) is 49.9 Å². The highest BCUT2D eigenvalue weighted by Crippen LogP contribution is 2.40. The summed E-state index contributed by atoms with van der Waals surface area (Å²) in [5, 5.41) is 22.8. The first kappa shape index (κ1) is 61.1. The predicted octanol–water partition coefficient (Wildman–Crippen LogP) is 11.9. The van der Waals surface area contributed by atoms with Gasteiger partial charge in [-0.3, -0.25) is 24.1 Å². The van der Waals surface area contributed by atoms with Crippen molar-refractivity contribution in [3.63, 3.8) is 0 Å². The highest BCUT2D eigenvalue weighted by atomic mass is 35.5. The Morgan fingerprint density at radius 3 is 2.45 bits per heavy atom. The third-order valence-corrected chi connectivity index (χ3v) is 16.2. The van der Waals surface area contributed by atoms with Crippen molar-refractivity contribution in [1.82, 2.24) is 39.6 Å². The van der Waals surface area contributed by atoms with Crippen LogP contribution in [0, 0.1) is 25.5 Å². The van der Waals surface area contributed by atoms with E-state index in [0.717, 1.165) is 95.6 Å². The summed E-state index contributed by atoms with van der Waals surface area (Å²) in [7, 11) is 1.57. The number of hydrogen-bond acceptors (Lipinski definition) is 12. The van der Waals surface area contributed by atoms with Crippen LogP contribution in [0.5, 0.6) is 5.75 Å². The van der Waals surface area contributed by atoms with Gasteiger partial charge in [0.25, 0.3) is 11.8 Å². The Hall–Kier alpha value is -8.42. The van der Waals surface area contributed by atoms with Crippen LogP contribution in [0.25, 0.3) is 33.3 Å². The molecule has 2 amide bonds. The fourth-order valence-electron chi connectivity index (χ4n) is 11.1. The number of fused-ring (bicyclic) bond motifs is 4. The minimum atomic E-state index is -0.984. The van der Waals surface area contributed by atoms with E-state index in [9.17, 15) is 33.1 Å². The second kappa shape index (κ2) is 27.5. The van der Waals surface area contributed by atoms with Crippen LogP contribution >= 0.6 is 11.6 Å². The second-order valence-electron chi connectivity index (χ2n) is 21.3. The van der Waals surface area contributed by atoms with E-state index in [2.05, 4.69) is 59.5 Å². The number of amides is 2. The molecule has 1 fully saturated rings. The number of piperidine rings is 1. The molecule has 0 spiro atoms. The number of ketones is 2. The van der Waals surface area contributed by atoms with Crippen LogP contribution < -0.4 is 20.7 Å². The number of aromatic amines is 1. The van der Waals surface area contributed by atoms with Gasteiger partial charge in [-0.15, -0.1) is 0 Å². The number of aliphatic hydroxyl groups is 1. The van der Waals surface area contributed by atoms with Gasteiger partial charge in [-0.2, -0.15) is 0 Å². The highest BCUT2D eigenvalue weighted by molar-refractivity contribution is 6.35. The number of Topliss-reactive ketones (excluding diaryl/α,β-unsaturated/α-hetero) is 1. The van der Waals surface area contributed by atoms with Gasteiger partial charge in [0.1, 0.15) is 35.1 Å². The molecular formula is C66H71ClF2N10O6. The van der Waals surface area contributed by atoms with Gasteiger partial charge in [0.2, 0.25) is 0 Å². The van der Waals surface area contributed by atoms with Crippen LogP contribution in [0.15, 0.2) is 116 Å². The molecule has 0 aliphatic carbocycles. The molecule has 0 bridgehead atoms. The Balaban J connectivity index is 0.000000155. The standard InChI is InChI=1S/C25H26ClFN4O2.C22H27FN4O2.C19H18N2O2/c1-33-24-15-23-20(25(29-16-28-23)30-18-7-8-22(27)21(26)14-18)13-17(24)12-19(32)6-5-11-31-9-3-2-4-10-31;1-5-27(6-2)10-9-24-22(29)20-13(3)19(25-14(20)4)12-17-16-11-15(23)7-8-18(16)26-21(17)28;1-2-17(22)15-4-3-14-10-16(6-5-13(14)9-15)19(23)7-8-21-12-20-11-18(19)21/h5-8,13-16H,2-4,9-12H2,1H3,(H,28,29,30);7-8,11-12,25H,5-6,9-10H2,1-4H3,(H,24,29)(H,26,28);3-6,9-12,23H,2,7-8H2,1H3/b6-5+;17-12-;. The molecule has 3 aromatic heterocycles. The van der Waals surface area contributed by atoms with Crippen molar-refractivity contribution in [2.75, 3.05) is 63.6 Å². The number of carbonyl (C=O) groups excluding carboxylic acids is 4. The van der Waals surface area contributed by atoms with Crippen LogP contribution in [-0.4, -0.2) is 116 Å². The number of benzene rings is 5. The molecular weight excluding hydrogens is 1100 g/mol. The van der Waals surface area contributed by atoms with Crippen molar-refractivity contribution in [2.45, 2.75) is 85.3 Å². The quantitative estimate of drug-likeness (QED) is 0.0403. The maximum absolute atomic E-state index is 13.7. The summed E-state index contributed by atoms with van der Waals surface area (Å²) in [6, 6.07) is 23.9. The summed E-state index contributed by atoms with van der Waals surface area (Å²) in [4.78, 5) is 70.1. The summed E-state index contributed by atoms with van der Waals surface area (Å²) in [5.41, 5.74) is 7.68. The molecule has 0 saturated carbocycles. The average molecular weight is 1170 g/mol. The number of rotatable bonds is 18. The van der Waals surface area contributed by atoms with Gasteiger partial charge >= 0.3 is 0 Å². The third-order valence-electron chi connectivity index (χ3n) is 15.9. The fourth-order valence-corrected chi connectivity index (χ4v) is 11.3. The number of nitrogens with one attached hydrogen (secondary N) is 4. The molecule has 3 aliphatic rings. The van der Waals surface area contributed by atoms with Gasteiger partial charge in [0.05, 0.1) is 47.0 Å². The van der Waals surface area contributed by atoms with E-state index in [0.29, 0.717) is 70.2 Å². The molecule has 5 aromatic carbocycles. The summed E-state index contributed by atoms with van der Waals surface area (Å²) in [6.07, 6.45) is 15.3. The molecule has 1 saturated heterocycles. The fraction of sp³-hybridized carbons (Fsp3) is 0.318. The number of aryl methyl sites for hydroxylation is 2. The van der Waals surface area contributed by atoms with Crippen LogP contribution in [-0.2, 0) is 28.2 Å². The number of nitrogens with zero attached hydrogens (tertiary/aromatic N) is 6. The molecule has 16 nitrogen and oxygen atoms in total. The predicted molar refractivity (Wildman–Crippen MR) is 331 cm³/mol. The molecule has 19 heteroatoms. The molecule has 11 rings (SSSR count). The monoisotopic (exact) mass is 1170 g/mol. The number of aromatic nitrogens is 5. The van der Waals surface area contributed by atoms with Gasteiger partial charge < -0.3 is 40.2 Å². The zero-order chi connectivity index (χ0) is 60.4. The van der Waals surface area contributed by atoms with E-state index in [4.69, 9.17) is 16.3 Å². The second-order valence-corrected chi connectivity index (χ2v) is 21.8. The molecule has 1 atom stereocenters. The van der Waals surface area contributed by atoms with E-state index in [-0.39, 0.29) is 34.8 Å². The van der Waals surface area contributed by atoms with Crippen LogP contribution in [0.2, 0.25) is 5.02 Å². The number of anilines is 3. The summed E-state index contributed by atoms with van der Waals surface area (Å²) < 4.78 is 34.7. The number of H-pyrrole nitrogens is 1. The number of likely N-dealkylation sites (tertiary alicyclic amines) is 1. The maximum atomic E-state index is 13.7. The topological polar surface area (TPSA) is 200 Å². The molecule has 442 valence electrons. The first-order chi connectivity index (χ1) is 41.0. The number of halogens is 3. The van der Waals surface area contributed by atoms with Gasteiger partial charge in [0, 0.05) is 96.3 Å². The Morgan fingerprint density at radius 2 is 1.69 bits per heavy atom. The average Bonchev–Trinajstić information content (AvgIpc) is 3.67. The van der Waals surface area contributed by atoms with Gasteiger partial charge in [-0.25, -0.2) is 23.7 Å². The number of likely N-dealkylation sites (N-methyl/N-ethyl adjacent to an activating group) is 1. The Bertz CT molecular complexity index is 3850. The number of allylic oxidation sites excluding steroid dienone is 1. The summed E-state index contributed by atoms with van der Waals surface area (Å²) in [5.74, 6) is -0.0599. The molecule has 3 aliphatic heterocycles. The lowest BCUT2D eigenvalue weighted by Crippen LogP contribution is -2.35. The smallest absolute Gasteiger partial charge is 0.256 e. The van der Waals surface area contributed by atoms with Gasteiger partial charge in [-0.1, -0.05) is 69.1 Å². The molecule has 5 N–H and O–H groups in total. The molecule has 6 heterocycles. The van der Waals surface area contributed by atoms with Crippen LogP contribution in [0.3, 0.4) is 0 Å². The SMILES string of the molecule is CCC(=O)c1ccc2cc(C3(O)CCn4cncc43)ccc2c1.CCN(CC)CCNC(=O)c1c(C)[nH]c(/C=C2\C(=O)Nc3ccc(F)cc32)c1C.COc1cc2ncnc(Nc3ccc(F)c(Cl)c3)c2cc1CC(=O)/C=C/CN1CCCCC1. The number of hydrogen-bond donors (Lipinski definition) is 5. The third kappa shape index (κ3) is 14.2. The van der Waals surface area contributed by atoms with Crippen LogP contribution in [0.1, 0.15) is 113 Å². The maximum Gasteiger partial charge on any atom is 0.256 e. The van der Waals surface area contributed by atoms with Crippen molar-refractivity contribution < 1.29 is 37.8 Å². The molecule has 8 aromatic rings. The first-order valence-corrected chi connectivity index (χ1v) is 29.2. The molecule has 1 unspecified atom stereocenters. The number of imidazole rings is 1.